The third kappa shape index (κ3) is 2.20. The van der Waals surface area contributed by atoms with Gasteiger partial charge in [-0.15, -0.1) is 11.3 Å². The summed E-state index contributed by atoms with van der Waals surface area (Å²) in [5.74, 6) is -0.0987. The highest BCUT2D eigenvalue weighted by Gasteiger charge is 2.54. The Kier molecular flexibility index (Phi) is 3.60. The average molecular weight is 280 g/mol. The Labute approximate surface area is 117 Å². The summed E-state index contributed by atoms with van der Waals surface area (Å²) < 4.78 is 5.09. The van der Waals surface area contributed by atoms with Crippen LogP contribution >= 0.6 is 11.3 Å². The summed E-state index contributed by atoms with van der Waals surface area (Å²) in [5.41, 5.74) is -0.505. The van der Waals surface area contributed by atoms with Crippen LogP contribution in [-0.2, 0) is 16.1 Å². The molecule has 0 amide bonds. The van der Waals surface area contributed by atoms with Crippen molar-refractivity contribution in [3.8, 4) is 0 Å². The Morgan fingerprint density at radius 1 is 1.63 bits per heavy atom. The van der Waals surface area contributed by atoms with Crippen LogP contribution < -0.4 is 5.32 Å². The number of hydrogen-bond acceptors (Lipinski definition) is 5. The van der Waals surface area contributed by atoms with Crippen molar-refractivity contribution in [2.24, 2.45) is 0 Å². The van der Waals surface area contributed by atoms with E-state index in [4.69, 9.17) is 4.74 Å². The van der Waals surface area contributed by atoms with Gasteiger partial charge in [0.15, 0.2) is 0 Å². The second kappa shape index (κ2) is 5.23. The summed E-state index contributed by atoms with van der Waals surface area (Å²) >= 11 is 1.72. The van der Waals surface area contributed by atoms with E-state index >= 15 is 0 Å². The van der Waals surface area contributed by atoms with Crippen molar-refractivity contribution < 1.29 is 9.53 Å². The molecular formula is C14H20N2O2S. The predicted octanol–water partition coefficient (Wildman–Crippen LogP) is 1.62. The highest BCUT2D eigenvalue weighted by Crippen LogP contribution is 2.37. The van der Waals surface area contributed by atoms with E-state index in [1.54, 1.807) is 11.3 Å². The Bertz CT molecular complexity index is 448. The van der Waals surface area contributed by atoms with Crippen LogP contribution in [0.2, 0.25) is 0 Å². The lowest BCUT2D eigenvalue weighted by atomic mass is 9.88. The number of hydrogen-bond donors (Lipinski definition) is 1. The second-order valence-electron chi connectivity index (χ2n) is 5.34. The minimum absolute atomic E-state index is 0.0987. The molecular weight excluding hydrogens is 260 g/mol. The molecule has 19 heavy (non-hydrogen) atoms. The van der Waals surface area contributed by atoms with Crippen LogP contribution in [0.5, 0.6) is 0 Å². The molecule has 3 rings (SSSR count). The first-order chi connectivity index (χ1) is 9.26. The van der Waals surface area contributed by atoms with Crippen LogP contribution in [0.3, 0.4) is 0 Å². The molecule has 2 aliphatic heterocycles. The van der Waals surface area contributed by atoms with Crippen molar-refractivity contribution in [3.63, 3.8) is 0 Å². The van der Waals surface area contributed by atoms with Crippen LogP contribution in [0.1, 0.15) is 24.1 Å². The largest absolute Gasteiger partial charge is 0.468 e. The zero-order valence-electron chi connectivity index (χ0n) is 11.2. The molecule has 0 spiro atoms. The predicted molar refractivity (Wildman–Crippen MR) is 75.1 cm³/mol. The van der Waals surface area contributed by atoms with Crippen LogP contribution in [0.25, 0.3) is 0 Å². The Morgan fingerprint density at radius 2 is 2.53 bits per heavy atom. The van der Waals surface area contributed by atoms with Crippen molar-refractivity contribution in [2.75, 3.05) is 20.2 Å². The maximum absolute atomic E-state index is 12.3. The number of esters is 1. The number of nitrogens with one attached hydrogen (secondary N) is 1. The zero-order valence-corrected chi connectivity index (χ0v) is 12.0. The fourth-order valence-corrected chi connectivity index (χ4v) is 4.14. The van der Waals surface area contributed by atoms with Gasteiger partial charge in [-0.05, 0) is 37.3 Å². The summed E-state index contributed by atoms with van der Waals surface area (Å²) in [6.45, 7) is 2.86. The van der Waals surface area contributed by atoms with E-state index in [9.17, 15) is 4.79 Å². The van der Waals surface area contributed by atoms with Crippen molar-refractivity contribution >= 4 is 17.3 Å². The fourth-order valence-electron chi connectivity index (χ4n) is 3.50. The SMILES string of the molecule is COC(=O)C1(NCc2cccs2)CCN2CCCC21. The first-order valence-corrected chi connectivity index (χ1v) is 7.74. The van der Waals surface area contributed by atoms with E-state index in [0.717, 1.165) is 32.5 Å². The maximum atomic E-state index is 12.3. The number of fused-ring (bicyclic) bond motifs is 1. The molecule has 0 radical (unpaired) electrons. The lowest BCUT2D eigenvalue weighted by Gasteiger charge is -2.33. The number of methoxy groups -OCH3 is 1. The number of thiophene rings is 1. The zero-order chi connectivity index (χ0) is 13.3. The number of carbonyl (C=O) groups is 1. The number of carbonyl (C=O) groups excluding carboxylic acids is 1. The molecule has 4 nitrogen and oxygen atoms in total. The van der Waals surface area contributed by atoms with Gasteiger partial charge in [0.05, 0.1) is 7.11 Å². The van der Waals surface area contributed by atoms with Gasteiger partial charge in [0.25, 0.3) is 0 Å². The van der Waals surface area contributed by atoms with Gasteiger partial charge in [0, 0.05) is 24.0 Å². The number of rotatable bonds is 4. The topological polar surface area (TPSA) is 41.6 Å². The molecule has 5 heteroatoms. The van der Waals surface area contributed by atoms with E-state index < -0.39 is 5.54 Å². The van der Waals surface area contributed by atoms with Gasteiger partial charge in [-0.1, -0.05) is 6.07 Å². The van der Waals surface area contributed by atoms with Gasteiger partial charge >= 0.3 is 5.97 Å². The third-order valence-electron chi connectivity index (χ3n) is 4.43. The quantitative estimate of drug-likeness (QED) is 0.851. The molecule has 2 atom stereocenters. The molecule has 0 aromatic carbocycles. The normalized spacial score (nSPS) is 30.5. The number of nitrogens with zero attached hydrogens (tertiary/aromatic N) is 1. The minimum Gasteiger partial charge on any atom is -0.468 e. The molecule has 1 N–H and O–H groups in total. The second-order valence-corrected chi connectivity index (χ2v) is 6.37. The highest BCUT2D eigenvalue weighted by molar-refractivity contribution is 7.09. The van der Waals surface area contributed by atoms with Crippen molar-refractivity contribution in [1.82, 2.24) is 10.2 Å². The molecule has 2 aliphatic rings. The molecule has 2 saturated heterocycles. The van der Waals surface area contributed by atoms with Gasteiger partial charge in [0.2, 0.25) is 0 Å². The molecule has 2 fully saturated rings. The van der Waals surface area contributed by atoms with Crippen LogP contribution in [-0.4, -0.2) is 42.6 Å². The molecule has 2 unspecified atom stereocenters. The van der Waals surface area contributed by atoms with Crippen molar-refractivity contribution in [2.45, 2.75) is 37.4 Å². The molecule has 0 aliphatic carbocycles. The number of ether oxygens (including phenoxy) is 1. The van der Waals surface area contributed by atoms with Crippen molar-refractivity contribution in [3.05, 3.63) is 22.4 Å². The van der Waals surface area contributed by atoms with Gasteiger partial charge in [-0.25, -0.2) is 4.79 Å². The maximum Gasteiger partial charge on any atom is 0.327 e. The van der Waals surface area contributed by atoms with E-state index in [0.29, 0.717) is 6.04 Å². The summed E-state index contributed by atoms with van der Waals surface area (Å²) in [4.78, 5) is 16.0. The summed E-state index contributed by atoms with van der Waals surface area (Å²) in [5, 5.41) is 5.58. The lowest BCUT2D eigenvalue weighted by molar-refractivity contribution is -0.149. The Hall–Kier alpha value is -0.910. The van der Waals surface area contributed by atoms with Crippen LogP contribution in [0, 0.1) is 0 Å². The van der Waals surface area contributed by atoms with Crippen molar-refractivity contribution in [1.29, 1.82) is 0 Å². The Morgan fingerprint density at radius 3 is 3.26 bits per heavy atom. The molecule has 0 saturated carbocycles. The van der Waals surface area contributed by atoms with Crippen LogP contribution in [0.4, 0.5) is 0 Å². The lowest BCUT2D eigenvalue weighted by Crippen LogP contribution is -2.58. The summed E-state index contributed by atoms with van der Waals surface area (Å²) in [6, 6.07) is 4.45. The van der Waals surface area contributed by atoms with Gasteiger partial charge in [-0.3, -0.25) is 10.2 Å². The van der Waals surface area contributed by atoms with Gasteiger partial charge in [0.1, 0.15) is 5.54 Å². The fraction of sp³-hybridized carbons (Fsp3) is 0.643. The molecule has 104 valence electrons. The molecule has 1 aromatic heterocycles. The van der Waals surface area contributed by atoms with Crippen LogP contribution in [0.15, 0.2) is 17.5 Å². The monoisotopic (exact) mass is 280 g/mol. The van der Waals surface area contributed by atoms with E-state index in [1.165, 1.54) is 18.4 Å². The summed E-state index contributed by atoms with van der Waals surface area (Å²) in [6.07, 6.45) is 3.13. The standard InChI is InChI=1S/C14H20N2O2S/c1-18-13(17)14(15-10-11-4-3-9-19-11)6-8-16-7-2-5-12(14)16/h3-4,9,12,15H,2,5-8,10H2,1H3. The molecule has 1 aromatic rings. The minimum atomic E-state index is -0.505. The first kappa shape index (κ1) is 13.1. The van der Waals surface area contributed by atoms with E-state index in [1.807, 2.05) is 6.07 Å². The smallest absolute Gasteiger partial charge is 0.327 e. The highest BCUT2D eigenvalue weighted by atomic mass is 32.1. The molecule has 3 heterocycles. The summed E-state index contributed by atoms with van der Waals surface area (Å²) in [7, 11) is 1.49. The van der Waals surface area contributed by atoms with Gasteiger partial charge in [-0.2, -0.15) is 0 Å². The first-order valence-electron chi connectivity index (χ1n) is 6.86. The van der Waals surface area contributed by atoms with Gasteiger partial charge < -0.3 is 4.74 Å². The third-order valence-corrected chi connectivity index (χ3v) is 5.31. The molecule has 0 bridgehead atoms. The van der Waals surface area contributed by atoms with E-state index in [2.05, 4.69) is 21.7 Å². The average Bonchev–Trinajstić information content (AvgIpc) is 3.13. The Balaban J connectivity index is 1.79. The van der Waals surface area contributed by atoms with E-state index in [-0.39, 0.29) is 5.97 Å².